The minimum atomic E-state index is -0.512. The van der Waals surface area contributed by atoms with Crippen molar-refractivity contribution < 1.29 is 9.18 Å². The number of hydrogen-bond donors (Lipinski definition) is 3. The van der Waals surface area contributed by atoms with Gasteiger partial charge in [-0.1, -0.05) is 24.2 Å². The average Bonchev–Trinajstić information content (AvgIpc) is 3.09. The monoisotopic (exact) mass is 400 g/mol. The number of hydrogen-bond acceptors (Lipinski definition) is 4. The van der Waals surface area contributed by atoms with E-state index in [1.165, 1.54) is 18.2 Å². The third-order valence-electron chi connectivity index (χ3n) is 3.99. The molecule has 0 unspecified atom stereocenters. The van der Waals surface area contributed by atoms with Crippen LogP contribution in [0.2, 0.25) is 5.02 Å². The highest BCUT2D eigenvalue weighted by atomic mass is 35.5. The second kappa shape index (κ2) is 8.10. The maximum Gasteiger partial charge on any atom is 0.320 e. The Morgan fingerprint density at radius 3 is 2.79 bits per heavy atom. The van der Waals surface area contributed by atoms with E-state index in [0.29, 0.717) is 22.4 Å². The number of pyridine rings is 1. The lowest BCUT2D eigenvalue weighted by Gasteiger charge is -2.11. The van der Waals surface area contributed by atoms with E-state index >= 15 is 0 Å². The van der Waals surface area contributed by atoms with Crippen molar-refractivity contribution in [3.05, 3.63) is 77.0 Å². The summed E-state index contributed by atoms with van der Waals surface area (Å²) in [6.07, 6.45) is 5.05. The number of aromatic nitrogens is 3. The normalized spacial score (nSPS) is 10.5. The molecule has 2 aromatic heterocycles. The molecule has 0 fully saturated rings. The zero-order valence-corrected chi connectivity index (χ0v) is 15.8. The number of urea groups is 1. The third kappa shape index (κ3) is 4.47. The van der Waals surface area contributed by atoms with Crippen LogP contribution >= 0.6 is 11.6 Å². The van der Waals surface area contributed by atoms with Gasteiger partial charge in [-0.05, 0) is 23.3 Å². The molecule has 0 aliphatic heterocycles. The minimum Gasteiger partial charge on any atom is -0.398 e. The molecule has 4 N–H and O–H groups in total. The second-order valence-electron chi connectivity index (χ2n) is 6.09. The number of benzene rings is 1. The first-order valence-corrected chi connectivity index (χ1v) is 8.64. The smallest absolute Gasteiger partial charge is 0.320 e. The van der Waals surface area contributed by atoms with Crippen LogP contribution in [0.5, 0.6) is 0 Å². The molecule has 144 valence electrons. The number of nitrogen functional groups attached to an aromatic ring is 1. The summed E-state index contributed by atoms with van der Waals surface area (Å²) in [6, 6.07) is 5.30. The summed E-state index contributed by atoms with van der Waals surface area (Å²) in [5, 5.41) is 9.34. The molecule has 2 heterocycles. The highest BCUT2D eigenvalue weighted by Gasteiger charge is 2.11. The Bertz CT molecular complexity index is 1050. The van der Waals surface area contributed by atoms with E-state index in [4.69, 9.17) is 17.3 Å². The van der Waals surface area contributed by atoms with Gasteiger partial charge in [0.05, 0.1) is 11.2 Å². The molecule has 0 radical (unpaired) electrons. The molecule has 3 aromatic rings. The fourth-order valence-electron chi connectivity index (χ4n) is 2.52. The first-order chi connectivity index (χ1) is 13.3. The van der Waals surface area contributed by atoms with Gasteiger partial charge < -0.3 is 11.1 Å². The predicted octanol–water partition coefficient (Wildman–Crippen LogP) is 3.57. The molecular formula is C19H18ClFN6O. The van der Waals surface area contributed by atoms with E-state index in [2.05, 4.69) is 27.3 Å². The van der Waals surface area contributed by atoms with Crippen molar-refractivity contribution in [1.29, 1.82) is 0 Å². The number of halogens is 2. The topological polar surface area (TPSA) is 97.9 Å². The zero-order valence-electron chi connectivity index (χ0n) is 15.0. The van der Waals surface area contributed by atoms with Crippen LogP contribution in [0, 0.1) is 5.82 Å². The lowest BCUT2D eigenvalue weighted by molar-refractivity contribution is 0.251. The molecule has 1 aromatic carbocycles. The fourth-order valence-corrected chi connectivity index (χ4v) is 2.72. The number of carbonyl (C=O) groups excluding carboxylic acids is 1. The Hall–Kier alpha value is -3.39. The summed E-state index contributed by atoms with van der Waals surface area (Å²) >= 11 is 5.72. The molecule has 0 bridgehead atoms. The van der Waals surface area contributed by atoms with Crippen LogP contribution in [-0.2, 0) is 13.6 Å². The quantitative estimate of drug-likeness (QED) is 0.609. The summed E-state index contributed by atoms with van der Waals surface area (Å²) in [5.74, 6) is -0.225. The maximum atomic E-state index is 13.2. The van der Waals surface area contributed by atoms with Gasteiger partial charge in [-0.25, -0.2) is 14.2 Å². The number of carbonyl (C=O) groups is 1. The molecule has 3 rings (SSSR count). The van der Waals surface area contributed by atoms with Crippen LogP contribution in [0.15, 0.2) is 49.4 Å². The summed E-state index contributed by atoms with van der Waals surface area (Å²) in [6.45, 7) is 4.20. The molecule has 0 saturated heterocycles. The van der Waals surface area contributed by atoms with Gasteiger partial charge in [0.15, 0.2) is 0 Å². The summed E-state index contributed by atoms with van der Waals surface area (Å²) in [5.41, 5.74) is 9.33. The molecule has 7 nitrogen and oxygen atoms in total. The highest BCUT2D eigenvalue weighted by Crippen LogP contribution is 2.27. The van der Waals surface area contributed by atoms with E-state index in [0.717, 1.165) is 5.56 Å². The van der Waals surface area contributed by atoms with E-state index in [1.54, 1.807) is 23.1 Å². The van der Waals surface area contributed by atoms with Crippen molar-refractivity contribution in [1.82, 2.24) is 20.1 Å². The Morgan fingerprint density at radius 2 is 2.14 bits per heavy atom. The molecule has 0 spiro atoms. The molecule has 0 saturated carbocycles. The summed E-state index contributed by atoms with van der Waals surface area (Å²) in [4.78, 5) is 16.3. The number of nitrogens with one attached hydrogen (secondary N) is 2. The number of rotatable bonds is 5. The molecular weight excluding hydrogens is 383 g/mol. The predicted molar refractivity (Wildman–Crippen MR) is 107 cm³/mol. The largest absolute Gasteiger partial charge is 0.398 e. The van der Waals surface area contributed by atoms with Crippen molar-refractivity contribution in [3.8, 4) is 0 Å². The Labute approximate surface area is 166 Å². The van der Waals surface area contributed by atoms with Gasteiger partial charge >= 0.3 is 6.03 Å². The van der Waals surface area contributed by atoms with Gasteiger partial charge in [-0.3, -0.25) is 10.00 Å². The summed E-state index contributed by atoms with van der Waals surface area (Å²) < 4.78 is 14.8. The molecule has 2 amide bonds. The number of nitrogens with zero attached hydrogens (tertiary/aromatic N) is 3. The summed E-state index contributed by atoms with van der Waals surface area (Å²) in [7, 11) is 1.81. The first-order valence-electron chi connectivity index (χ1n) is 8.26. The van der Waals surface area contributed by atoms with Crippen molar-refractivity contribution in [2.24, 2.45) is 7.05 Å². The van der Waals surface area contributed by atoms with Crippen molar-refractivity contribution >= 4 is 34.7 Å². The van der Waals surface area contributed by atoms with Crippen LogP contribution in [0.4, 0.5) is 20.7 Å². The Balaban J connectivity index is 1.62. The Morgan fingerprint density at radius 1 is 1.36 bits per heavy atom. The van der Waals surface area contributed by atoms with Crippen molar-refractivity contribution in [2.45, 2.75) is 6.54 Å². The number of nitrogens with two attached hydrogens (primary N) is 1. The number of amides is 2. The van der Waals surface area contributed by atoms with Crippen LogP contribution in [-0.4, -0.2) is 20.8 Å². The third-order valence-corrected chi connectivity index (χ3v) is 4.28. The van der Waals surface area contributed by atoms with Crippen LogP contribution < -0.4 is 16.4 Å². The van der Waals surface area contributed by atoms with Crippen LogP contribution in [0.3, 0.4) is 0 Å². The second-order valence-corrected chi connectivity index (χ2v) is 6.50. The van der Waals surface area contributed by atoms with E-state index in [-0.39, 0.29) is 17.4 Å². The molecule has 0 aliphatic carbocycles. The van der Waals surface area contributed by atoms with Crippen molar-refractivity contribution in [3.63, 3.8) is 0 Å². The van der Waals surface area contributed by atoms with Crippen molar-refractivity contribution in [2.75, 3.05) is 11.1 Å². The van der Waals surface area contributed by atoms with Gasteiger partial charge in [0, 0.05) is 48.9 Å². The highest BCUT2D eigenvalue weighted by molar-refractivity contribution is 6.30. The van der Waals surface area contributed by atoms with Gasteiger partial charge in [-0.15, -0.1) is 0 Å². The van der Waals surface area contributed by atoms with Gasteiger partial charge in [0.25, 0.3) is 0 Å². The van der Waals surface area contributed by atoms with Gasteiger partial charge in [0.1, 0.15) is 11.6 Å². The zero-order chi connectivity index (χ0) is 20.3. The molecule has 9 heteroatoms. The standard InChI is InChI=1S/C19H18ClFN6O/c1-11(13-8-25-27(2)10-13)14-9-23-18(6-17(14)22)26-19(28)24-7-12-3-4-16(21)15(20)5-12/h3-6,8-10H,1,7H2,2H3,(H4,22,23,24,26,28). The van der Waals surface area contributed by atoms with Gasteiger partial charge in [-0.2, -0.15) is 5.10 Å². The fraction of sp³-hybridized carbons (Fsp3) is 0.105. The molecule has 0 atom stereocenters. The number of anilines is 2. The minimum absolute atomic E-state index is 0.00131. The first kappa shape index (κ1) is 19.4. The molecule has 28 heavy (non-hydrogen) atoms. The van der Waals surface area contributed by atoms with E-state index in [9.17, 15) is 9.18 Å². The van der Waals surface area contributed by atoms with E-state index in [1.807, 2.05) is 13.2 Å². The van der Waals surface area contributed by atoms with Gasteiger partial charge in [0.2, 0.25) is 0 Å². The average molecular weight is 401 g/mol. The Kier molecular flexibility index (Phi) is 5.60. The number of aryl methyl sites for hydroxylation is 1. The molecule has 0 aliphatic rings. The van der Waals surface area contributed by atoms with Crippen LogP contribution in [0.25, 0.3) is 5.57 Å². The van der Waals surface area contributed by atoms with Crippen LogP contribution in [0.1, 0.15) is 16.7 Å². The lowest BCUT2D eigenvalue weighted by Crippen LogP contribution is -2.28. The maximum absolute atomic E-state index is 13.2. The SMILES string of the molecule is C=C(c1cnn(C)c1)c1cnc(NC(=O)NCc2ccc(F)c(Cl)c2)cc1N. The lowest BCUT2D eigenvalue weighted by atomic mass is 10.0. The van der Waals surface area contributed by atoms with E-state index < -0.39 is 11.8 Å².